The molecule has 5 heteroatoms. The van der Waals surface area contributed by atoms with Crippen LogP contribution < -0.4 is 4.74 Å². The van der Waals surface area contributed by atoms with Gasteiger partial charge in [-0.2, -0.15) is 5.10 Å². The lowest BCUT2D eigenvalue weighted by Crippen LogP contribution is -2.43. The summed E-state index contributed by atoms with van der Waals surface area (Å²) in [5.41, 5.74) is 8.32. The molecule has 36 heavy (non-hydrogen) atoms. The summed E-state index contributed by atoms with van der Waals surface area (Å²) in [5, 5.41) is 7.69. The minimum absolute atomic E-state index is 0.0293. The molecule has 0 amide bonds. The summed E-state index contributed by atoms with van der Waals surface area (Å²) in [7, 11) is 0. The topological polar surface area (TPSA) is 64.2 Å². The van der Waals surface area contributed by atoms with Gasteiger partial charge in [-0.15, -0.1) is 0 Å². The molecule has 0 spiro atoms. The number of nitrogens with zero attached hydrogens (tertiary/aromatic N) is 1. The van der Waals surface area contributed by atoms with Gasteiger partial charge in [-0.1, -0.05) is 50.2 Å². The molecule has 3 aromatic rings. The Balaban J connectivity index is 1.27. The molecule has 1 fully saturated rings. The quantitative estimate of drug-likeness (QED) is 0.417. The van der Waals surface area contributed by atoms with Crippen LogP contribution in [0, 0.1) is 11.8 Å². The molecule has 0 aliphatic heterocycles. The fourth-order valence-electron chi connectivity index (χ4n) is 7.41. The third-order valence-electron chi connectivity index (χ3n) is 9.23. The highest BCUT2D eigenvalue weighted by Gasteiger charge is 2.55. The monoisotopic (exact) mass is 484 g/mol. The number of hydrogen-bond acceptors (Lipinski definition) is 4. The van der Waals surface area contributed by atoms with Crippen LogP contribution >= 0.6 is 0 Å². The van der Waals surface area contributed by atoms with Crippen molar-refractivity contribution in [3.63, 3.8) is 0 Å². The second kappa shape index (κ2) is 9.10. The fraction of sp³-hybridized carbons (Fsp3) is 0.484. The third kappa shape index (κ3) is 3.66. The molecule has 1 saturated carbocycles. The summed E-state index contributed by atoms with van der Waals surface area (Å²) in [4.78, 5) is 12.6. The number of aryl methyl sites for hydroxylation is 2. The second-order valence-electron chi connectivity index (χ2n) is 11.0. The summed E-state index contributed by atoms with van der Waals surface area (Å²) < 4.78 is 11.6. The number of hydrogen-bond donors (Lipinski definition) is 1. The van der Waals surface area contributed by atoms with Gasteiger partial charge in [0, 0.05) is 11.0 Å². The van der Waals surface area contributed by atoms with Gasteiger partial charge in [0.15, 0.2) is 0 Å². The fourth-order valence-corrected chi connectivity index (χ4v) is 7.41. The van der Waals surface area contributed by atoms with Crippen LogP contribution in [0.2, 0.25) is 0 Å². The number of carbonyl (C=O) groups excluding carboxylic acids is 1. The van der Waals surface area contributed by atoms with Crippen molar-refractivity contribution in [3.05, 3.63) is 81.7 Å². The molecule has 1 aromatic heterocycles. The molecule has 4 unspecified atom stereocenters. The van der Waals surface area contributed by atoms with Crippen molar-refractivity contribution in [3.8, 4) is 5.75 Å². The van der Waals surface area contributed by atoms with E-state index in [2.05, 4.69) is 60.4 Å². The minimum atomic E-state index is -0.269. The Labute approximate surface area is 213 Å². The lowest BCUT2D eigenvalue weighted by molar-refractivity contribution is 0.0516. The van der Waals surface area contributed by atoms with E-state index in [1.807, 2.05) is 13.0 Å². The Morgan fingerprint density at radius 2 is 2.00 bits per heavy atom. The van der Waals surface area contributed by atoms with E-state index in [1.54, 1.807) is 0 Å². The Morgan fingerprint density at radius 3 is 2.78 bits per heavy atom. The van der Waals surface area contributed by atoms with Crippen molar-refractivity contribution in [2.75, 3.05) is 6.61 Å². The maximum Gasteiger partial charge on any atom is 0.356 e. The molecule has 6 rings (SSSR count). The van der Waals surface area contributed by atoms with Gasteiger partial charge in [-0.05, 0) is 91.5 Å². The highest BCUT2D eigenvalue weighted by atomic mass is 16.5. The number of nitrogens with one attached hydrogen (secondary N) is 1. The Morgan fingerprint density at radius 1 is 1.17 bits per heavy atom. The van der Waals surface area contributed by atoms with Gasteiger partial charge in [0.05, 0.1) is 12.3 Å². The van der Waals surface area contributed by atoms with Crippen LogP contribution in [0.1, 0.15) is 90.0 Å². The average Bonchev–Trinajstić information content (AvgIpc) is 3.45. The molecule has 0 radical (unpaired) electrons. The Bertz CT molecular complexity index is 1280. The molecule has 0 saturated heterocycles. The highest BCUT2D eigenvalue weighted by Crippen LogP contribution is 2.60. The molecule has 3 aliphatic carbocycles. The largest absolute Gasteiger partial charge is 0.489 e. The van der Waals surface area contributed by atoms with Crippen LogP contribution in [0.4, 0.5) is 0 Å². The molecule has 188 valence electrons. The first-order valence-electron chi connectivity index (χ1n) is 13.6. The Kier molecular flexibility index (Phi) is 5.89. The molecule has 1 N–H and O–H groups in total. The average molecular weight is 485 g/mol. The molecule has 0 bridgehead atoms. The van der Waals surface area contributed by atoms with Gasteiger partial charge in [-0.3, -0.25) is 5.10 Å². The maximum atomic E-state index is 12.6. The van der Waals surface area contributed by atoms with E-state index in [9.17, 15) is 4.79 Å². The first-order chi connectivity index (χ1) is 17.5. The lowest BCUT2D eigenvalue weighted by atomic mass is 9.55. The summed E-state index contributed by atoms with van der Waals surface area (Å²) in [6.45, 7) is 7.44. The molecule has 3 aliphatic rings. The number of fused-ring (bicyclic) bond motifs is 7. The number of aromatic amines is 1. The number of esters is 1. The Hall–Kier alpha value is -3.08. The van der Waals surface area contributed by atoms with E-state index in [4.69, 9.17) is 9.47 Å². The lowest BCUT2D eigenvalue weighted by Gasteiger charge is -2.49. The van der Waals surface area contributed by atoms with Crippen molar-refractivity contribution in [1.82, 2.24) is 10.2 Å². The molecular weight excluding hydrogens is 448 g/mol. The number of rotatable bonds is 6. The zero-order valence-corrected chi connectivity index (χ0v) is 21.6. The highest BCUT2D eigenvalue weighted by molar-refractivity contribution is 5.89. The summed E-state index contributed by atoms with van der Waals surface area (Å²) in [5.74, 6) is 2.47. The number of ether oxygens (including phenoxy) is 2. The van der Waals surface area contributed by atoms with E-state index in [1.165, 1.54) is 35.1 Å². The van der Waals surface area contributed by atoms with Crippen LogP contribution in [0.15, 0.2) is 42.5 Å². The van der Waals surface area contributed by atoms with Gasteiger partial charge in [0.25, 0.3) is 0 Å². The van der Waals surface area contributed by atoms with Crippen LogP contribution in [0.3, 0.4) is 0 Å². The minimum Gasteiger partial charge on any atom is -0.489 e. The zero-order valence-electron chi connectivity index (χ0n) is 21.6. The number of benzene rings is 2. The predicted octanol–water partition coefficient (Wildman–Crippen LogP) is 6.30. The van der Waals surface area contributed by atoms with E-state index < -0.39 is 0 Å². The van der Waals surface area contributed by atoms with Gasteiger partial charge < -0.3 is 9.47 Å². The van der Waals surface area contributed by atoms with E-state index in [0.29, 0.717) is 36.7 Å². The molecule has 2 aromatic carbocycles. The van der Waals surface area contributed by atoms with Crippen LogP contribution in [-0.4, -0.2) is 22.8 Å². The van der Waals surface area contributed by atoms with Gasteiger partial charge >= 0.3 is 5.97 Å². The SMILES string of the molecule is CCOC(=O)c1[nH]nc2c1CC1C3CCc4cc(OCc5ccccc5)c(CC)cc4C3CCC21C. The molecule has 1 heterocycles. The maximum absolute atomic E-state index is 12.6. The van der Waals surface area contributed by atoms with E-state index in [0.717, 1.165) is 42.7 Å². The summed E-state index contributed by atoms with van der Waals surface area (Å²) in [6.07, 6.45) is 6.43. The predicted molar refractivity (Wildman–Crippen MR) is 139 cm³/mol. The normalized spacial score (nSPS) is 25.9. The van der Waals surface area contributed by atoms with Crippen molar-refractivity contribution in [1.29, 1.82) is 0 Å². The zero-order chi connectivity index (χ0) is 24.9. The third-order valence-corrected chi connectivity index (χ3v) is 9.23. The van der Waals surface area contributed by atoms with Gasteiger partial charge in [-0.25, -0.2) is 4.79 Å². The van der Waals surface area contributed by atoms with Crippen LogP contribution in [-0.2, 0) is 36.0 Å². The first-order valence-corrected chi connectivity index (χ1v) is 13.6. The van der Waals surface area contributed by atoms with Crippen molar-refractivity contribution in [2.24, 2.45) is 11.8 Å². The second-order valence-corrected chi connectivity index (χ2v) is 11.0. The van der Waals surface area contributed by atoms with Gasteiger partial charge in [0.1, 0.15) is 18.1 Å². The standard InChI is InChI=1S/C31H36N2O3/c1-4-20-15-24-21(16-27(20)36-18-19-9-7-6-8-10-19)11-12-23-22(24)13-14-31(3)26(23)17-25-28(30(34)35-5-2)32-33-29(25)31/h6-10,15-16,22-23,26H,4-5,11-14,17-18H2,1-3H3,(H,32,33). The van der Waals surface area contributed by atoms with Crippen LogP contribution in [0.5, 0.6) is 5.75 Å². The smallest absolute Gasteiger partial charge is 0.356 e. The molecule has 5 nitrogen and oxygen atoms in total. The first kappa shape index (κ1) is 23.3. The van der Waals surface area contributed by atoms with Crippen molar-refractivity contribution >= 4 is 5.97 Å². The van der Waals surface area contributed by atoms with Crippen LogP contribution in [0.25, 0.3) is 0 Å². The summed E-state index contributed by atoms with van der Waals surface area (Å²) in [6, 6.07) is 15.2. The van der Waals surface area contributed by atoms with E-state index in [-0.39, 0.29) is 11.4 Å². The number of H-pyrrole nitrogens is 1. The number of aromatic nitrogens is 2. The van der Waals surface area contributed by atoms with Crippen molar-refractivity contribution < 1.29 is 14.3 Å². The van der Waals surface area contributed by atoms with Gasteiger partial charge in [0.2, 0.25) is 0 Å². The molecule has 4 atom stereocenters. The van der Waals surface area contributed by atoms with Crippen molar-refractivity contribution in [2.45, 2.75) is 77.2 Å². The summed E-state index contributed by atoms with van der Waals surface area (Å²) >= 11 is 0. The number of carbonyl (C=O) groups is 1. The molecular formula is C31H36N2O3. The van der Waals surface area contributed by atoms with E-state index >= 15 is 0 Å².